The van der Waals surface area contributed by atoms with E-state index in [1.807, 2.05) is 0 Å². The Kier molecular flexibility index (Phi) is 4.10. The predicted molar refractivity (Wildman–Crippen MR) is 69.7 cm³/mol. The number of hydrogen-bond acceptors (Lipinski definition) is 4. The molecule has 1 aliphatic rings. The van der Waals surface area contributed by atoms with E-state index in [9.17, 15) is 22.4 Å². The minimum atomic E-state index is -4.93. The number of amides is 1. The van der Waals surface area contributed by atoms with Crippen LogP contribution < -0.4 is 11.5 Å². The van der Waals surface area contributed by atoms with Crippen LogP contribution in [0, 0.1) is 5.82 Å². The minimum absolute atomic E-state index is 0.251. The second-order valence-electron chi connectivity index (χ2n) is 4.82. The van der Waals surface area contributed by atoms with Crippen molar-refractivity contribution < 1.29 is 27.1 Å². The Hall–Kier alpha value is -2.16. The highest BCUT2D eigenvalue weighted by atomic mass is 19.4. The van der Waals surface area contributed by atoms with Crippen molar-refractivity contribution in [1.29, 1.82) is 0 Å². The van der Waals surface area contributed by atoms with Crippen molar-refractivity contribution in [2.75, 3.05) is 13.2 Å². The van der Waals surface area contributed by atoms with Crippen LogP contribution in [0.1, 0.15) is 22.3 Å². The number of rotatable bonds is 2. The first-order chi connectivity index (χ1) is 10.2. The van der Waals surface area contributed by atoms with Crippen LogP contribution in [-0.4, -0.2) is 31.1 Å². The summed E-state index contributed by atoms with van der Waals surface area (Å²) in [7, 11) is 0. The van der Waals surface area contributed by atoms with E-state index in [1.165, 1.54) is 0 Å². The lowest BCUT2D eigenvalue weighted by atomic mass is 9.85. The van der Waals surface area contributed by atoms with E-state index < -0.39 is 41.3 Å². The summed E-state index contributed by atoms with van der Waals surface area (Å²) < 4.78 is 59.9. The molecule has 1 aromatic rings. The molecule has 0 bridgehead atoms. The molecule has 0 saturated carbocycles. The molecule has 0 aromatic heterocycles. The van der Waals surface area contributed by atoms with Crippen molar-refractivity contribution in [2.24, 2.45) is 16.5 Å². The van der Waals surface area contributed by atoms with E-state index in [0.29, 0.717) is 0 Å². The maximum Gasteiger partial charge on any atom is 0.418 e. The number of alkyl halides is 3. The van der Waals surface area contributed by atoms with Crippen molar-refractivity contribution >= 4 is 11.7 Å². The SMILES string of the molecule is NC(=O)c1ccc(F)c(C2(C(F)(F)F)CCOCC(N)=N2)c1. The van der Waals surface area contributed by atoms with Gasteiger partial charge in [-0.3, -0.25) is 4.79 Å². The maximum atomic E-state index is 14.0. The second-order valence-corrected chi connectivity index (χ2v) is 4.82. The molecule has 0 spiro atoms. The normalized spacial score (nSPS) is 22.8. The van der Waals surface area contributed by atoms with Crippen LogP contribution in [0.3, 0.4) is 0 Å². The molecular formula is C13H13F4N3O2. The lowest BCUT2D eigenvalue weighted by Crippen LogP contribution is -2.43. The van der Waals surface area contributed by atoms with Gasteiger partial charge in [0.05, 0.1) is 6.61 Å². The van der Waals surface area contributed by atoms with Crippen LogP contribution >= 0.6 is 0 Å². The number of aliphatic imine (C=N–C) groups is 1. The maximum absolute atomic E-state index is 14.0. The molecule has 0 fully saturated rings. The largest absolute Gasteiger partial charge is 0.418 e. The van der Waals surface area contributed by atoms with Crippen molar-refractivity contribution in [3.8, 4) is 0 Å². The Morgan fingerprint density at radius 2 is 2.05 bits per heavy atom. The molecule has 2 rings (SSSR count). The number of benzene rings is 1. The van der Waals surface area contributed by atoms with Gasteiger partial charge in [-0.15, -0.1) is 0 Å². The van der Waals surface area contributed by atoms with Gasteiger partial charge < -0.3 is 16.2 Å². The predicted octanol–water partition coefficient (Wildman–Crippen LogP) is 1.46. The van der Waals surface area contributed by atoms with Crippen molar-refractivity contribution in [1.82, 2.24) is 0 Å². The summed E-state index contributed by atoms with van der Waals surface area (Å²) in [6.45, 7) is -0.598. The van der Waals surface area contributed by atoms with Gasteiger partial charge in [-0.05, 0) is 18.2 Å². The van der Waals surface area contributed by atoms with Gasteiger partial charge in [0.25, 0.3) is 0 Å². The molecule has 1 atom stereocenters. The molecule has 22 heavy (non-hydrogen) atoms. The van der Waals surface area contributed by atoms with Crippen LogP contribution in [0.25, 0.3) is 0 Å². The van der Waals surface area contributed by atoms with Gasteiger partial charge in [-0.25, -0.2) is 9.38 Å². The zero-order valence-corrected chi connectivity index (χ0v) is 11.3. The van der Waals surface area contributed by atoms with E-state index in [4.69, 9.17) is 16.2 Å². The van der Waals surface area contributed by atoms with Gasteiger partial charge in [-0.2, -0.15) is 13.2 Å². The highest BCUT2D eigenvalue weighted by Crippen LogP contribution is 2.46. The third-order valence-electron chi connectivity index (χ3n) is 3.36. The van der Waals surface area contributed by atoms with Gasteiger partial charge >= 0.3 is 6.18 Å². The topological polar surface area (TPSA) is 90.7 Å². The molecule has 1 aromatic carbocycles. The molecule has 5 nitrogen and oxygen atoms in total. The quantitative estimate of drug-likeness (QED) is 0.809. The fraction of sp³-hybridized carbons (Fsp3) is 0.385. The van der Waals surface area contributed by atoms with Crippen LogP contribution in [0.15, 0.2) is 23.2 Å². The molecule has 9 heteroatoms. The van der Waals surface area contributed by atoms with Gasteiger partial charge in [0.15, 0.2) is 5.54 Å². The number of primary amides is 1. The van der Waals surface area contributed by atoms with Gasteiger partial charge in [0.1, 0.15) is 18.3 Å². The lowest BCUT2D eigenvalue weighted by Gasteiger charge is -2.32. The highest BCUT2D eigenvalue weighted by molar-refractivity contribution is 5.93. The fourth-order valence-electron chi connectivity index (χ4n) is 2.28. The van der Waals surface area contributed by atoms with Crippen molar-refractivity contribution in [2.45, 2.75) is 18.1 Å². The van der Waals surface area contributed by atoms with E-state index in [-0.39, 0.29) is 18.8 Å². The number of hydrogen-bond donors (Lipinski definition) is 2. The van der Waals surface area contributed by atoms with E-state index in [2.05, 4.69) is 4.99 Å². The minimum Gasteiger partial charge on any atom is -0.385 e. The smallest absolute Gasteiger partial charge is 0.385 e. The molecule has 1 heterocycles. The van der Waals surface area contributed by atoms with E-state index in [1.54, 1.807) is 0 Å². The zero-order valence-electron chi connectivity index (χ0n) is 11.3. The van der Waals surface area contributed by atoms with Crippen LogP contribution in [0.5, 0.6) is 0 Å². The average molecular weight is 319 g/mol. The summed E-state index contributed by atoms with van der Waals surface area (Å²) in [5, 5.41) is 0. The molecule has 1 amide bonds. The molecule has 4 N–H and O–H groups in total. The van der Waals surface area contributed by atoms with Gasteiger partial charge in [-0.1, -0.05) is 0 Å². The van der Waals surface area contributed by atoms with Crippen molar-refractivity contribution in [3.63, 3.8) is 0 Å². The number of nitrogens with two attached hydrogens (primary N) is 2. The molecule has 120 valence electrons. The zero-order chi connectivity index (χ0) is 16.5. The Balaban J connectivity index is 2.73. The molecular weight excluding hydrogens is 306 g/mol. The third kappa shape index (κ3) is 2.76. The summed E-state index contributed by atoms with van der Waals surface area (Å²) >= 11 is 0. The molecule has 0 aliphatic carbocycles. The third-order valence-corrected chi connectivity index (χ3v) is 3.36. The summed E-state index contributed by atoms with van der Waals surface area (Å²) in [6, 6.07) is 2.51. The lowest BCUT2D eigenvalue weighted by molar-refractivity contribution is -0.193. The molecule has 1 aliphatic heterocycles. The highest BCUT2D eigenvalue weighted by Gasteiger charge is 2.58. The first-order valence-corrected chi connectivity index (χ1v) is 6.26. The molecule has 1 unspecified atom stereocenters. The first-order valence-electron chi connectivity index (χ1n) is 6.26. The van der Waals surface area contributed by atoms with Crippen LogP contribution in [0.2, 0.25) is 0 Å². The Morgan fingerprint density at radius 3 is 2.64 bits per heavy atom. The van der Waals surface area contributed by atoms with Crippen LogP contribution in [-0.2, 0) is 10.3 Å². The number of carbonyl (C=O) groups excluding carboxylic acids is 1. The summed E-state index contributed by atoms with van der Waals surface area (Å²) in [6.07, 6.45) is -5.58. The van der Waals surface area contributed by atoms with E-state index >= 15 is 0 Å². The van der Waals surface area contributed by atoms with Gasteiger partial charge in [0, 0.05) is 17.5 Å². The fourth-order valence-corrected chi connectivity index (χ4v) is 2.28. The Morgan fingerprint density at radius 1 is 1.36 bits per heavy atom. The Bertz CT molecular complexity index is 630. The number of amidine groups is 1. The summed E-state index contributed by atoms with van der Waals surface area (Å²) in [5.41, 5.74) is 6.48. The number of carbonyl (C=O) groups is 1. The number of halogens is 4. The summed E-state index contributed by atoms with van der Waals surface area (Å²) in [5.74, 6) is -2.53. The van der Waals surface area contributed by atoms with Gasteiger partial charge in [0.2, 0.25) is 5.91 Å². The molecule has 0 radical (unpaired) electrons. The number of ether oxygens (including phenoxy) is 1. The standard InChI is InChI=1S/C13H13F4N3O2/c14-9-2-1-7(11(19)21)5-8(9)12(13(15,16)17)3-4-22-6-10(18)20-12/h1-2,5H,3-4,6H2,(H2,18,20)(H2,19,21). The second kappa shape index (κ2) is 5.56. The summed E-state index contributed by atoms with van der Waals surface area (Å²) in [4.78, 5) is 14.6. The molecule has 0 saturated heterocycles. The van der Waals surface area contributed by atoms with Crippen LogP contribution in [0.4, 0.5) is 17.6 Å². The Labute approximate surface area is 122 Å². The van der Waals surface area contributed by atoms with E-state index in [0.717, 1.165) is 18.2 Å². The number of nitrogens with zero attached hydrogens (tertiary/aromatic N) is 1. The van der Waals surface area contributed by atoms with Crippen molar-refractivity contribution in [3.05, 3.63) is 35.1 Å². The average Bonchev–Trinajstić information content (AvgIpc) is 2.61. The monoisotopic (exact) mass is 319 g/mol. The first kappa shape index (κ1) is 16.2.